The monoisotopic (exact) mass is 334 g/mol. The molecule has 0 bridgehead atoms. The van der Waals surface area contributed by atoms with Gasteiger partial charge < -0.3 is 25.3 Å². The molecule has 11 heteroatoms. The molecule has 8 nitrogen and oxygen atoms in total. The van der Waals surface area contributed by atoms with Gasteiger partial charge in [-0.05, 0) is 0 Å². The van der Waals surface area contributed by atoms with Crippen LogP contribution in [0.25, 0.3) is 11.0 Å². The van der Waals surface area contributed by atoms with Crippen LogP contribution in [0.3, 0.4) is 0 Å². The summed E-state index contributed by atoms with van der Waals surface area (Å²) in [6, 6.07) is 0. The molecule has 0 unspecified atom stereocenters. The van der Waals surface area contributed by atoms with E-state index in [-0.39, 0.29) is 18.0 Å². The Balaban J connectivity index is 2.20. The number of rotatable bonds is 2. The Labute approximate surface area is 126 Å². The number of aromatic nitrogens is 3. The van der Waals surface area contributed by atoms with Crippen LogP contribution < -0.4 is 11.3 Å². The average Bonchev–Trinajstić information content (AvgIpc) is 2.98. The molecule has 0 aliphatic carbocycles. The van der Waals surface area contributed by atoms with E-state index in [0.29, 0.717) is 6.20 Å². The van der Waals surface area contributed by atoms with Gasteiger partial charge in [-0.25, -0.2) is 0 Å². The predicted octanol–water partition coefficient (Wildman–Crippen LogP) is -0.0337. The second-order valence-corrected chi connectivity index (χ2v) is 5.21. The van der Waals surface area contributed by atoms with E-state index in [9.17, 15) is 23.1 Å². The third-order valence-electron chi connectivity index (χ3n) is 3.70. The SMILES string of the molecule is Nc1nc2c(c(C(F)(F)F)cn2[C@H]2C[C@H](O)[C@@H](CO)O2)c(=O)[nH]1. The summed E-state index contributed by atoms with van der Waals surface area (Å²) in [6.45, 7) is -0.487. The molecular weight excluding hydrogens is 321 g/mol. The van der Waals surface area contributed by atoms with Gasteiger partial charge in [-0.1, -0.05) is 0 Å². The van der Waals surface area contributed by atoms with Crippen molar-refractivity contribution in [2.45, 2.75) is 31.0 Å². The standard InChI is InChI=1S/C12H13F3N4O4/c13-12(14,15)4-2-19(7-1-5(21)6(3-20)23-7)9-8(4)10(22)18-11(16)17-9/h2,5-7,20-21H,1,3H2,(H3,16,17,18,22)/t5-,6+,7+/m0/s1. The first-order valence-corrected chi connectivity index (χ1v) is 6.64. The van der Waals surface area contributed by atoms with E-state index < -0.39 is 47.7 Å². The van der Waals surface area contributed by atoms with Gasteiger partial charge in [0.2, 0.25) is 5.95 Å². The molecule has 1 aliphatic heterocycles. The Kier molecular flexibility index (Phi) is 3.58. The van der Waals surface area contributed by atoms with Gasteiger partial charge in [0, 0.05) is 12.6 Å². The number of halogens is 3. The summed E-state index contributed by atoms with van der Waals surface area (Å²) in [4.78, 5) is 17.6. The molecule has 0 spiro atoms. The lowest BCUT2D eigenvalue weighted by molar-refractivity contribution is -0.136. The fourth-order valence-corrected chi connectivity index (χ4v) is 2.66. The molecule has 126 valence electrons. The van der Waals surface area contributed by atoms with Crippen molar-refractivity contribution < 1.29 is 28.1 Å². The number of nitrogen functional groups attached to an aromatic ring is 1. The molecule has 1 saturated heterocycles. The van der Waals surface area contributed by atoms with E-state index in [1.807, 2.05) is 4.98 Å². The number of anilines is 1. The minimum Gasteiger partial charge on any atom is -0.394 e. The third-order valence-corrected chi connectivity index (χ3v) is 3.70. The summed E-state index contributed by atoms with van der Waals surface area (Å²) in [5.74, 6) is -0.340. The van der Waals surface area contributed by atoms with Gasteiger partial charge in [0.25, 0.3) is 5.56 Å². The number of alkyl halides is 3. The Morgan fingerprint density at radius 3 is 2.78 bits per heavy atom. The molecule has 23 heavy (non-hydrogen) atoms. The molecule has 0 amide bonds. The topological polar surface area (TPSA) is 126 Å². The number of nitrogens with one attached hydrogen (secondary N) is 1. The van der Waals surface area contributed by atoms with E-state index in [2.05, 4.69) is 4.98 Å². The van der Waals surface area contributed by atoms with Crippen LogP contribution in [0.5, 0.6) is 0 Å². The van der Waals surface area contributed by atoms with Crippen LogP contribution in [-0.2, 0) is 10.9 Å². The molecule has 3 rings (SSSR count). The highest BCUT2D eigenvalue weighted by molar-refractivity contribution is 5.81. The molecule has 0 saturated carbocycles. The Bertz CT molecular complexity index is 800. The maximum Gasteiger partial charge on any atom is 0.418 e. The molecule has 0 aromatic carbocycles. The molecule has 5 N–H and O–H groups in total. The first-order valence-electron chi connectivity index (χ1n) is 6.64. The van der Waals surface area contributed by atoms with E-state index >= 15 is 0 Å². The molecule has 3 atom stereocenters. The van der Waals surface area contributed by atoms with Crippen molar-refractivity contribution >= 4 is 17.0 Å². The molecule has 1 aliphatic rings. The summed E-state index contributed by atoms with van der Waals surface area (Å²) in [7, 11) is 0. The van der Waals surface area contributed by atoms with Gasteiger partial charge in [-0.3, -0.25) is 9.78 Å². The lowest BCUT2D eigenvalue weighted by Gasteiger charge is -2.14. The second-order valence-electron chi connectivity index (χ2n) is 5.21. The van der Waals surface area contributed by atoms with Crippen molar-refractivity contribution in [1.82, 2.24) is 14.5 Å². The van der Waals surface area contributed by atoms with Crippen LogP contribution in [-0.4, -0.2) is 43.6 Å². The van der Waals surface area contributed by atoms with Crippen LogP contribution in [0.1, 0.15) is 18.2 Å². The van der Waals surface area contributed by atoms with Crippen LogP contribution in [0, 0.1) is 0 Å². The van der Waals surface area contributed by atoms with Crippen molar-refractivity contribution in [3.8, 4) is 0 Å². The number of fused-ring (bicyclic) bond motifs is 1. The third kappa shape index (κ3) is 2.56. The fourth-order valence-electron chi connectivity index (χ4n) is 2.66. The molecule has 2 aromatic rings. The number of aliphatic hydroxyl groups excluding tert-OH is 2. The molecule has 1 fully saturated rings. The zero-order chi connectivity index (χ0) is 16.9. The lowest BCUT2D eigenvalue weighted by atomic mass is 10.2. The largest absolute Gasteiger partial charge is 0.418 e. The minimum atomic E-state index is -4.78. The summed E-state index contributed by atoms with van der Waals surface area (Å²) in [6.07, 6.45) is -7.11. The van der Waals surface area contributed by atoms with Crippen molar-refractivity contribution in [2.24, 2.45) is 0 Å². The number of aromatic amines is 1. The van der Waals surface area contributed by atoms with Gasteiger partial charge in [0.15, 0.2) is 5.65 Å². The highest BCUT2D eigenvalue weighted by Gasteiger charge is 2.40. The molecular formula is C12H13F3N4O4. The van der Waals surface area contributed by atoms with E-state index in [1.54, 1.807) is 0 Å². The Hall–Kier alpha value is -2.11. The minimum absolute atomic E-state index is 0.0549. The molecule has 0 radical (unpaired) electrons. The predicted molar refractivity (Wildman–Crippen MR) is 71.4 cm³/mol. The van der Waals surface area contributed by atoms with Crippen LogP contribution in [0.15, 0.2) is 11.0 Å². The number of ether oxygens (including phenoxy) is 1. The highest BCUT2D eigenvalue weighted by Crippen LogP contribution is 2.38. The van der Waals surface area contributed by atoms with Crippen LogP contribution >= 0.6 is 0 Å². The lowest BCUT2D eigenvalue weighted by Crippen LogP contribution is -2.24. The second kappa shape index (κ2) is 5.22. The quantitative estimate of drug-likeness (QED) is 0.611. The molecule has 2 aromatic heterocycles. The number of hydrogen-bond donors (Lipinski definition) is 4. The Morgan fingerprint density at radius 2 is 2.22 bits per heavy atom. The van der Waals surface area contributed by atoms with Crippen molar-refractivity contribution in [2.75, 3.05) is 12.3 Å². The van der Waals surface area contributed by atoms with E-state index in [4.69, 9.17) is 15.6 Å². The van der Waals surface area contributed by atoms with E-state index in [0.717, 1.165) is 4.57 Å². The van der Waals surface area contributed by atoms with E-state index in [1.165, 1.54) is 0 Å². The van der Waals surface area contributed by atoms with Crippen LogP contribution in [0.4, 0.5) is 19.1 Å². The summed E-state index contributed by atoms with van der Waals surface area (Å²) in [5.41, 5.74) is 2.91. The number of aliphatic hydroxyl groups is 2. The van der Waals surface area contributed by atoms with Crippen LogP contribution in [0.2, 0.25) is 0 Å². The van der Waals surface area contributed by atoms with Crippen molar-refractivity contribution in [3.05, 3.63) is 22.1 Å². The van der Waals surface area contributed by atoms with Gasteiger partial charge in [-0.2, -0.15) is 18.2 Å². The van der Waals surface area contributed by atoms with Gasteiger partial charge in [0.1, 0.15) is 12.3 Å². The van der Waals surface area contributed by atoms with Gasteiger partial charge >= 0.3 is 6.18 Å². The maximum absolute atomic E-state index is 13.2. The van der Waals surface area contributed by atoms with Crippen molar-refractivity contribution in [3.63, 3.8) is 0 Å². The zero-order valence-electron chi connectivity index (χ0n) is 11.5. The van der Waals surface area contributed by atoms with Crippen molar-refractivity contribution in [1.29, 1.82) is 0 Å². The van der Waals surface area contributed by atoms with Gasteiger partial charge in [0.05, 0.1) is 23.7 Å². The highest BCUT2D eigenvalue weighted by atomic mass is 19.4. The first-order chi connectivity index (χ1) is 10.7. The summed E-state index contributed by atoms with van der Waals surface area (Å²) < 4.78 is 45.8. The maximum atomic E-state index is 13.2. The molecule has 3 heterocycles. The van der Waals surface area contributed by atoms with Gasteiger partial charge in [-0.15, -0.1) is 0 Å². The Morgan fingerprint density at radius 1 is 1.52 bits per heavy atom. The number of nitrogens with zero attached hydrogens (tertiary/aromatic N) is 2. The smallest absolute Gasteiger partial charge is 0.394 e. The number of nitrogens with two attached hydrogens (primary N) is 1. The average molecular weight is 334 g/mol. The number of hydrogen-bond acceptors (Lipinski definition) is 6. The summed E-state index contributed by atoms with van der Waals surface area (Å²) in [5, 5.41) is 18.2. The zero-order valence-corrected chi connectivity index (χ0v) is 11.5. The summed E-state index contributed by atoms with van der Waals surface area (Å²) >= 11 is 0. The first kappa shape index (κ1) is 15.8. The fraction of sp³-hybridized carbons (Fsp3) is 0.500. The number of H-pyrrole nitrogens is 1. The normalized spacial score (nSPS) is 25.3.